The normalized spacial score (nSPS) is 20.6. The van der Waals surface area contributed by atoms with Gasteiger partial charge in [0.05, 0.1) is 0 Å². The molecule has 0 radical (unpaired) electrons. The molecule has 1 atom stereocenters. The van der Waals surface area contributed by atoms with Gasteiger partial charge in [-0.2, -0.15) is 0 Å². The van der Waals surface area contributed by atoms with Crippen molar-refractivity contribution in [3.05, 3.63) is 95.6 Å². The molecule has 172 valence electrons. The van der Waals surface area contributed by atoms with Crippen LogP contribution in [0, 0.1) is 0 Å². The van der Waals surface area contributed by atoms with Crippen LogP contribution >= 0.6 is 0 Å². The topological polar surface area (TPSA) is 47.7 Å². The highest BCUT2D eigenvalue weighted by atomic mass is 16.5. The smallest absolute Gasteiger partial charge is 0.132 e. The van der Waals surface area contributed by atoms with Crippen molar-refractivity contribution in [2.75, 3.05) is 20.1 Å². The molecule has 1 saturated heterocycles. The van der Waals surface area contributed by atoms with Crippen molar-refractivity contribution < 1.29 is 9.47 Å². The maximum atomic E-state index is 6.96. The highest BCUT2D eigenvalue weighted by Crippen LogP contribution is 2.41. The summed E-state index contributed by atoms with van der Waals surface area (Å²) in [5.74, 6) is 1.85. The Morgan fingerprint density at radius 3 is 2.09 bits per heavy atom. The van der Waals surface area contributed by atoms with Crippen LogP contribution in [0.2, 0.25) is 0 Å². The van der Waals surface area contributed by atoms with Crippen molar-refractivity contribution in [2.45, 2.75) is 49.9 Å². The number of nitrogens with two attached hydrogens (primary N) is 1. The molecular weight excluding hydrogens is 408 g/mol. The molecule has 2 aliphatic heterocycles. The molecule has 0 bridgehead atoms. The molecule has 1 fully saturated rings. The fraction of sp³-hybridized carbons (Fsp3) is 0.379. The minimum absolute atomic E-state index is 0.146. The molecule has 2 N–H and O–H groups in total. The number of rotatable bonds is 6. The Labute approximate surface area is 197 Å². The van der Waals surface area contributed by atoms with Crippen LogP contribution in [0.25, 0.3) is 0 Å². The molecule has 3 aromatic rings. The minimum Gasteiger partial charge on any atom is -0.490 e. The van der Waals surface area contributed by atoms with Crippen LogP contribution in [0.5, 0.6) is 11.5 Å². The lowest BCUT2D eigenvalue weighted by atomic mass is 9.77. The van der Waals surface area contributed by atoms with Crippen molar-refractivity contribution in [2.24, 2.45) is 5.73 Å². The van der Waals surface area contributed by atoms with Gasteiger partial charge in [0.15, 0.2) is 0 Å². The Morgan fingerprint density at radius 1 is 0.879 bits per heavy atom. The molecule has 0 amide bonds. The van der Waals surface area contributed by atoms with Gasteiger partial charge in [-0.3, -0.25) is 0 Å². The first-order valence-corrected chi connectivity index (χ1v) is 12.1. The van der Waals surface area contributed by atoms with Gasteiger partial charge in [-0.05, 0) is 49.6 Å². The molecule has 1 unspecified atom stereocenters. The quantitative estimate of drug-likeness (QED) is 0.604. The zero-order valence-corrected chi connectivity index (χ0v) is 19.5. The van der Waals surface area contributed by atoms with Crippen LogP contribution in [0.3, 0.4) is 0 Å². The Bertz CT molecular complexity index is 1000. The molecule has 5 rings (SSSR count). The molecule has 4 nitrogen and oxygen atoms in total. The summed E-state index contributed by atoms with van der Waals surface area (Å²) >= 11 is 0. The third-order valence-electron chi connectivity index (χ3n) is 7.15. The SMILES string of the molecule is CN1CCC(Oc2cccc3c2CC(N)C(Cc2ccccc2)(Cc2ccccc2)O3)CC1. The minimum atomic E-state index is -0.512. The third kappa shape index (κ3) is 4.92. The number of ether oxygens (including phenoxy) is 2. The predicted molar refractivity (Wildman–Crippen MR) is 133 cm³/mol. The summed E-state index contributed by atoms with van der Waals surface area (Å²) < 4.78 is 13.4. The first-order valence-electron chi connectivity index (χ1n) is 12.1. The van der Waals surface area contributed by atoms with E-state index in [4.69, 9.17) is 15.2 Å². The summed E-state index contributed by atoms with van der Waals surface area (Å²) in [6.45, 7) is 2.15. The summed E-state index contributed by atoms with van der Waals surface area (Å²) in [4.78, 5) is 2.36. The molecule has 0 aliphatic carbocycles. The van der Waals surface area contributed by atoms with Gasteiger partial charge in [0, 0.05) is 37.5 Å². The first-order chi connectivity index (χ1) is 16.1. The fourth-order valence-corrected chi connectivity index (χ4v) is 5.22. The number of nitrogens with zero attached hydrogens (tertiary/aromatic N) is 1. The van der Waals surface area contributed by atoms with Crippen molar-refractivity contribution in [3.63, 3.8) is 0 Å². The lowest BCUT2D eigenvalue weighted by Gasteiger charge is -2.44. The van der Waals surface area contributed by atoms with Crippen molar-refractivity contribution in [3.8, 4) is 11.5 Å². The van der Waals surface area contributed by atoms with Crippen LogP contribution in [-0.4, -0.2) is 42.8 Å². The number of hydrogen-bond acceptors (Lipinski definition) is 4. The number of benzene rings is 3. The highest BCUT2D eigenvalue weighted by Gasteiger charge is 2.44. The van der Waals surface area contributed by atoms with Gasteiger partial charge in [0.1, 0.15) is 23.2 Å². The largest absolute Gasteiger partial charge is 0.490 e. The summed E-state index contributed by atoms with van der Waals surface area (Å²) in [5.41, 5.74) is 10.0. The summed E-state index contributed by atoms with van der Waals surface area (Å²) in [6.07, 6.45) is 4.65. The second-order valence-electron chi connectivity index (χ2n) is 9.66. The lowest BCUT2D eigenvalue weighted by Crippen LogP contribution is -2.58. The number of fused-ring (bicyclic) bond motifs is 1. The van der Waals surface area contributed by atoms with Crippen LogP contribution in [0.1, 0.15) is 29.5 Å². The molecule has 2 heterocycles. The van der Waals surface area contributed by atoms with Crippen LogP contribution in [0.4, 0.5) is 0 Å². The van der Waals surface area contributed by atoms with Gasteiger partial charge in [-0.1, -0.05) is 66.7 Å². The second kappa shape index (κ2) is 9.58. The molecule has 33 heavy (non-hydrogen) atoms. The van der Waals surface area contributed by atoms with E-state index in [-0.39, 0.29) is 12.1 Å². The van der Waals surface area contributed by atoms with E-state index in [0.717, 1.165) is 62.3 Å². The van der Waals surface area contributed by atoms with E-state index < -0.39 is 5.60 Å². The molecule has 0 spiro atoms. The average Bonchev–Trinajstić information content (AvgIpc) is 2.83. The van der Waals surface area contributed by atoms with Crippen LogP contribution in [0.15, 0.2) is 78.9 Å². The Morgan fingerprint density at radius 2 is 1.48 bits per heavy atom. The standard InChI is InChI=1S/C29H34N2O2/c1-31-17-15-24(16-18-31)32-26-13-8-14-27-25(26)19-28(30)29(33-27,20-22-9-4-2-5-10-22)21-23-11-6-3-7-12-23/h2-14,24,28H,15-21,30H2,1H3. The van der Waals surface area contributed by atoms with E-state index in [1.54, 1.807) is 0 Å². The van der Waals surface area contributed by atoms with E-state index in [9.17, 15) is 0 Å². The molecule has 4 heteroatoms. The Hall–Kier alpha value is -2.82. The second-order valence-corrected chi connectivity index (χ2v) is 9.66. The number of hydrogen-bond donors (Lipinski definition) is 1. The van der Waals surface area contributed by atoms with E-state index in [1.807, 2.05) is 0 Å². The van der Waals surface area contributed by atoms with Crippen molar-refractivity contribution in [1.82, 2.24) is 4.90 Å². The zero-order chi connectivity index (χ0) is 22.7. The third-order valence-corrected chi connectivity index (χ3v) is 7.15. The summed E-state index contributed by atoms with van der Waals surface area (Å²) in [6, 6.07) is 27.2. The molecule has 3 aromatic carbocycles. The van der Waals surface area contributed by atoms with Crippen LogP contribution < -0.4 is 15.2 Å². The van der Waals surface area contributed by atoms with Gasteiger partial charge in [-0.25, -0.2) is 0 Å². The highest BCUT2D eigenvalue weighted by molar-refractivity contribution is 5.48. The number of piperidine rings is 1. The Kier molecular flexibility index (Phi) is 6.39. The van der Waals surface area contributed by atoms with Crippen molar-refractivity contribution >= 4 is 0 Å². The van der Waals surface area contributed by atoms with Crippen molar-refractivity contribution in [1.29, 1.82) is 0 Å². The molecule has 2 aliphatic rings. The van der Waals surface area contributed by atoms with Gasteiger partial charge >= 0.3 is 0 Å². The first kappa shape index (κ1) is 22.0. The molecule has 0 saturated carbocycles. The molecule has 0 aromatic heterocycles. The number of likely N-dealkylation sites (tertiary alicyclic amines) is 1. The molecular formula is C29H34N2O2. The van der Waals surface area contributed by atoms with Gasteiger partial charge in [-0.15, -0.1) is 0 Å². The average molecular weight is 443 g/mol. The van der Waals surface area contributed by atoms with Gasteiger partial charge in [0.2, 0.25) is 0 Å². The van der Waals surface area contributed by atoms with E-state index >= 15 is 0 Å². The predicted octanol–water partition coefficient (Wildman–Crippen LogP) is 4.65. The zero-order valence-electron chi connectivity index (χ0n) is 19.5. The summed E-state index contributed by atoms with van der Waals surface area (Å²) in [7, 11) is 2.17. The van der Waals surface area contributed by atoms with E-state index in [2.05, 4.69) is 90.8 Å². The van der Waals surface area contributed by atoms with E-state index in [1.165, 1.54) is 11.1 Å². The fourth-order valence-electron chi connectivity index (χ4n) is 5.22. The maximum absolute atomic E-state index is 6.96. The Balaban J connectivity index is 1.45. The van der Waals surface area contributed by atoms with E-state index in [0.29, 0.717) is 0 Å². The van der Waals surface area contributed by atoms with Gasteiger partial charge in [0.25, 0.3) is 0 Å². The van der Waals surface area contributed by atoms with Crippen LogP contribution in [-0.2, 0) is 19.3 Å². The lowest BCUT2D eigenvalue weighted by molar-refractivity contribution is 0.0254. The van der Waals surface area contributed by atoms with Gasteiger partial charge < -0.3 is 20.1 Å². The summed E-state index contributed by atoms with van der Waals surface area (Å²) in [5, 5.41) is 0. The maximum Gasteiger partial charge on any atom is 0.132 e. The monoisotopic (exact) mass is 442 g/mol.